The van der Waals surface area contributed by atoms with Gasteiger partial charge >= 0.3 is 0 Å². The van der Waals surface area contributed by atoms with Gasteiger partial charge in [0.15, 0.2) is 0 Å². The molecule has 1 saturated carbocycles. The second-order valence-electron chi connectivity index (χ2n) is 5.59. The van der Waals surface area contributed by atoms with Crippen LogP contribution in [0.1, 0.15) is 42.6 Å². The van der Waals surface area contributed by atoms with Crippen LogP contribution in [0.4, 0.5) is 5.69 Å². The van der Waals surface area contributed by atoms with E-state index in [1.807, 2.05) is 26.0 Å². The molecule has 1 aromatic carbocycles. The van der Waals surface area contributed by atoms with E-state index in [1.165, 1.54) is 0 Å². The van der Waals surface area contributed by atoms with Crippen LogP contribution in [0.25, 0.3) is 0 Å². The summed E-state index contributed by atoms with van der Waals surface area (Å²) in [6.07, 6.45) is 2.14. The van der Waals surface area contributed by atoms with Crippen molar-refractivity contribution in [2.75, 3.05) is 5.32 Å². The zero-order valence-corrected chi connectivity index (χ0v) is 10.5. The zero-order valence-electron chi connectivity index (χ0n) is 10.5. The van der Waals surface area contributed by atoms with E-state index in [9.17, 15) is 9.59 Å². The van der Waals surface area contributed by atoms with E-state index in [4.69, 9.17) is 0 Å². The SMILES string of the molecule is CC1(C)C(=O)Nc2ccc(C(=O)NC3CC3)cc21. The van der Waals surface area contributed by atoms with Crippen LogP contribution in [0.5, 0.6) is 0 Å². The molecule has 4 heteroatoms. The molecule has 1 heterocycles. The molecule has 0 bridgehead atoms. The summed E-state index contributed by atoms with van der Waals surface area (Å²) in [7, 11) is 0. The van der Waals surface area contributed by atoms with E-state index in [2.05, 4.69) is 10.6 Å². The summed E-state index contributed by atoms with van der Waals surface area (Å²) in [6, 6.07) is 5.74. The van der Waals surface area contributed by atoms with Crippen LogP contribution in [0.2, 0.25) is 0 Å². The van der Waals surface area contributed by atoms with Crippen molar-refractivity contribution in [3.63, 3.8) is 0 Å². The first-order chi connectivity index (χ1) is 8.48. The molecule has 0 saturated heterocycles. The molecule has 18 heavy (non-hydrogen) atoms. The molecule has 1 aromatic rings. The molecule has 0 radical (unpaired) electrons. The monoisotopic (exact) mass is 244 g/mol. The van der Waals surface area contributed by atoms with Crippen molar-refractivity contribution in [3.05, 3.63) is 29.3 Å². The van der Waals surface area contributed by atoms with Gasteiger partial charge in [0.2, 0.25) is 5.91 Å². The third kappa shape index (κ3) is 1.68. The summed E-state index contributed by atoms with van der Waals surface area (Å²) >= 11 is 0. The van der Waals surface area contributed by atoms with Crippen molar-refractivity contribution < 1.29 is 9.59 Å². The molecule has 0 spiro atoms. The molecular weight excluding hydrogens is 228 g/mol. The average molecular weight is 244 g/mol. The number of anilines is 1. The third-order valence-corrected chi connectivity index (χ3v) is 3.68. The van der Waals surface area contributed by atoms with Gasteiger partial charge in [-0.05, 0) is 50.5 Å². The Labute approximate surface area is 106 Å². The predicted molar refractivity (Wildman–Crippen MR) is 68.6 cm³/mol. The Kier molecular flexibility index (Phi) is 2.24. The van der Waals surface area contributed by atoms with Gasteiger partial charge in [0.05, 0.1) is 5.41 Å². The van der Waals surface area contributed by atoms with Crippen molar-refractivity contribution in [2.24, 2.45) is 0 Å². The van der Waals surface area contributed by atoms with E-state index in [-0.39, 0.29) is 11.8 Å². The van der Waals surface area contributed by atoms with Crippen molar-refractivity contribution in [2.45, 2.75) is 38.1 Å². The summed E-state index contributed by atoms with van der Waals surface area (Å²) in [5.41, 5.74) is 1.78. The predicted octanol–water partition coefficient (Wildman–Crippen LogP) is 1.81. The fraction of sp³-hybridized carbons (Fsp3) is 0.429. The van der Waals surface area contributed by atoms with Gasteiger partial charge in [0, 0.05) is 17.3 Å². The van der Waals surface area contributed by atoms with Crippen molar-refractivity contribution in [1.29, 1.82) is 0 Å². The first-order valence-corrected chi connectivity index (χ1v) is 6.25. The van der Waals surface area contributed by atoms with Crippen LogP contribution in [0, 0.1) is 0 Å². The third-order valence-electron chi connectivity index (χ3n) is 3.68. The number of hydrogen-bond acceptors (Lipinski definition) is 2. The highest BCUT2D eigenvalue weighted by molar-refractivity contribution is 6.07. The van der Waals surface area contributed by atoms with E-state index in [0.29, 0.717) is 11.6 Å². The molecule has 3 rings (SSSR count). The van der Waals surface area contributed by atoms with Gasteiger partial charge in [0.25, 0.3) is 5.91 Å². The first kappa shape index (κ1) is 11.3. The Hall–Kier alpha value is -1.84. The summed E-state index contributed by atoms with van der Waals surface area (Å²) in [6.45, 7) is 3.74. The largest absolute Gasteiger partial charge is 0.349 e. The van der Waals surface area contributed by atoms with Crippen LogP contribution in [-0.4, -0.2) is 17.9 Å². The van der Waals surface area contributed by atoms with Crippen LogP contribution in [0.3, 0.4) is 0 Å². The second kappa shape index (κ2) is 3.57. The molecule has 2 N–H and O–H groups in total. The summed E-state index contributed by atoms with van der Waals surface area (Å²) in [5, 5.41) is 5.79. The number of benzene rings is 1. The maximum absolute atomic E-state index is 12.0. The Morgan fingerprint density at radius 1 is 1.39 bits per heavy atom. The minimum absolute atomic E-state index is 0.0164. The van der Waals surface area contributed by atoms with Gasteiger partial charge in [-0.1, -0.05) is 0 Å². The fourth-order valence-corrected chi connectivity index (χ4v) is 2.21. The maximum atomic E-state index is 12.0. The first-order valence-electron chi connectivity index (χ1n) is 6.25. The second-order valence-corrected chi connectivity index (χ2v) is 5.59. The van der Waals surface area contributed by atoms with Crippen molar-refractivity contribution in [3.8, 4) is 0 Å². The summed E-state index contributed by atoms with van der Waals surface area (Å²) < 4.78 is 0. The molecule has 4 nitrogen and oxygen atoms in total. The van der Waals surface area contributed by atoms with Gasteiger partial charge in [-0.3, -0.25) is 9.59 Å². The van der Waals surface area contributed by atoms with E-state index < -0.39 is 5.41 Å². The fourth-order valence-electron chi connectivity index (χ4n) is 2.21. The average Bonchev–Trinajstić information content (AvgIpc) is 3.09. The molecule has 2 amide bonds. The molecule has 1 aliphatic heterocycles. The number of rotatable bonds is 2. The molecule has 1 aliphatic carbocycles. The topological polar surface area (TPSA) is 58.2 Å². The van der Waals surface area contributed by atoms with Crippen LogP contribution < -0.4 is 10.6 Å². The number of carbonyl (C=O) groups is 2. The standard InChI is InChI=1S/C14H16N2O2/c1-14(2)10-7-8(12(17)15-9-4-5-9)3-6-11(10)16-13(14)18/h3,6-7,9H,4-5H2,1-2H3,(H,15,17)(H,16,18). The van der Waals surface area contributed by atoms with Gasteiger partial charge < -0.3 is 10.6 Å². The normalized spacial score (nSPS) is 20.2. The molecule has 1 fully saturated rings. The summed E-state index contributed by atoms with van der Waals surface area (Å²) in [5.74, 6) is -0.0623. The molecular formula is C14H16N2O2. The molecule has 94 valence electrons. The van der Waals surface area contributed by atoms with Gasteiger partial charge in [-0.25, -0.2) is 0 Å². The Bertz CT molecular complexity index is 545. The summed E-state index contributed by atoms with van der Waals surface area (Å²) in [4.78, 5) is 23.8. The van der Waals surface area contributed by atoms with E-state index in [1.54, 1.807) is 6.07 Å². The lowest BCUT2D eigenvalue weighted by atomic mass is 9.85. The Morgan fingerprint density at radius 2 is 2.11 bits per heavy atom. The van der Waals surface area contributed by atoms with Crippen LogP contribution >= 0.6 is 0 Å². The highest BCUT2D eigenvalue weighted by Crippen LogP contribution is 2.37. The Morgan fingerprint density at radius 3 is 2.78 bits per heavy atom. The smallest absolute Gasteiger partial charge is 0.251 e. The number of amides is 2. The highest BCUT2D eigenvalue weighted by Gasteiger charge is 2.38. The lowest BCUT2D eigenvalue weighted by Crippen LogP contribution is -2.28. The zero-order chi connectivity index (χ0) is 12.9. The van der Waals surface area contributed by atoms with Gasteiger partial charge in [-0.2, -0.15) is 0 Å². The van der Waals surface area contributed by atoms with Crippen LogP contribution in [0.15, 0.2) is 18.2 Å². The molecule has 0 atom stereocenters. The number of fused-ring (bicyclic) bond motifs is 1. The lowest BCUT2D eigenvalue weighted by molar-refractivity contribution is -0.119. The lowest BCUT2D eigenvalue weighted by Gasteiger charge is -2.15. The molecule has 0 unspecified atom stereocenters. The number of nitrogens with one attached hydrogen (secondary N) is 2. The number of carbonyl (C=O) groups excluding carboxylic acids is 2. The highest BCUT2D eigenvalue weighted by atomic mass is 16.2. The van der Waals surface area contributed by atoms with Crippen molar-refractivity contribution in [1.82, 2.24) is 5.32 Å². The van der Waals surface area contributed by atoms with E-state index in [0.717, 1.165) is 24.1 Å². The van der Waals surface area contributed by atoms with Gasteiger partial charge in [-0.15, -0.1) is 0 Å². The minimum Gasteiger partial charge on any atom is -0.349 e. The molecule has 2 aliphatic rings. The Balaban J connectivity index is 1.93. The van der Waals surface area contributed by atoms with E-state index >= 15 is 0 Å². The van der Waals surface area contributed by atoms with Crippen LogP contribution in [-0.2, 0) is 10.2 Å². The maximum Gasteiger partial charge on any atom is 0.251 e. The minimum atomic E-state index is -0.564. The van der Waals surface area contributed by atoms with Gasteiger partial charge in [0.1, 0.15) is 0 Å². The number of hydrogen-bond donors (Lipinski definition) is 2. The quantitative estimate of drug-likeness (QED) is 0.833. The molecule has 0 aromatic heterocycles. The van der Waals surface area contributed by atoms with Crippen molar-refractivity contribution >= 4 is 17.5 Å².